The molecule has 18 heavy (non-hydrogen) atoms. The number of aromatic nitrogens is 3. The summed E-state index contributed by atoms with van der Waals surface area (Å²) >= 11 is 7.55. The molecule has 0 saturated carbocycles. The van der Waals surface area contributed by atoms with Crippen molar-refractivity contribution in [2.24, 2.45) is 0 Å². The molecule has 0 atom stereocenters. The molecule has 2 aromatic heterocycles. The zero-order chi connectivity index (χ0) is 12.5. The summed E-state index contributed by atoms with van der Waals surface area (Å²) in [7, 11) is 0. The van der Waals surface area contributed by atoms with E-state index in [1.807, 2.05) is 5.38 Å². The lowest BCUT2D eigenvalue weighted by Crippen LogP contribution is -1.86. The standard InChI is InChI=1S/C11H7ClN4OS/c12-8-3-6(13)1-2-7(8)11-15-10(16-17-11)9-4-18-5-14-9/h1-5H,13H2. The number of nitrogen functional groups attached to an aromatic ring is 1. The van der Waals surface area contributed by atoms with E-state index in [9.17, 15) is 0 Å². The summed E-state index contributed by atoms with van der Waals surface area (Å²) in [5.74, 6) is 0.794. The molecule has 3 rings (SSSR count). The molecule has 2 heterocycles. The lowest BCUT2D eigenvalue weighted by molar-refractivity contribution is 0.432. The molecule has 2 N–H and O–H groups in total. The van der Waals surface area contributed by atoms with Gasteiger partial charge in [0.15, 0.2) is 0 Å². The van der Waals surface area contributed by atoms with E-state index in [0.717, 1.165) is 0 Å². The predicted molar refractivity (Wildman–Crippen MR) is 70.3 cm³/mol. The minimum Gasteiger partial charge on any atom is -0.399 e. The van der Waals surface area contributed by atoms with Crippen LogP contribution >= 0.6 is 22.9 Å². The van der Waals surface area contributed by atoms with Gasteiger partial charge in [-0.15, -0.1) is 11.3 Å². The SMILES string of the molecule is Nc1ccc(-c2nc(-c3cscn3)no2)c(Cl)c1. The summed E-state index contributed by atoms with van der Waals surface area (Å²) < 4.78 is 5.17. The summed E-state index contributed by atoms with van der Waals surface area (Å²) in [5.41, 5.74) is 9.26. The van der Waals surface area contributed by atoms with E-state index in [0.29, 0.717) is 33.7 Å². The van der Waals surface area contributed by atoms with E-state index in [1.165, 1.54) is 11.3 Å². The lowest BCUT2D eigenvalue weighted by atomic mass is 10.2. The molecule has 90 valence electrons. The van der Waals surface area contributed by atoms with Crippen molar-refractivity contribution in [2.45, 2.75) is 0 Å². The summed E-state index contributed by atoms with van der Waals surface area (Å²) in [6, 6.07) is 5.12. The third kappa shape index (κ3) is 1.96. The van der Waals surface area contributed by atoms with Crippen LogP contribution in [0.25, 0.3) is 23.0 Å². The molecular weight excluding hydrogens is 272 g/mol. The van der Waals surface area contributed by atoms with Gasteiger partial charge < -0.3 is 10.3 Å². The average Bonchev–Trinajstić information content (AvgIpc) is 2.99. The fraction of sp³-hybridized carbons (Fsp3) is 0. The molecule has 0 bridgehead atoms. The summed E-state index contributed by atoms with van der Waals surface area (Å²) in [6.07, 6.45) is 0. The normalized spacial score (nSPS) is 10.7. The van der Waals surface area contributed by atoms with Crippen molar-refractivity contribution in [3.63, 3.8) is 0 Å². The Balaban J connectivity index is 2.03. The molecule has 1 aromatic carbocycles. The number of hydrogen-bond donors (Lipinski definition) is 1. The molecule has 0 aliphatic heterocycles. The first-order chi connectivity index (χ1) is 8.74. The van der Waals surface area contributed by atoms with E-state index in [2.05, 4.69) is 15.1 Å². The average molecular weight is 279 g/mol. The Morgan fingerprint density at radius 1 is 1.33 bits per heavy atom. The third-order valence-electron chi connectivity index (χ3n) is 2.31. The molecule has 0 fully saturated rings. The number of halogens is 1. The van der Waals surface area contributed by atoms with E-state index >= 15 is 0 Å². The summed E-state index contributed by atoms with van der Waals surface area (Å²) in [5, 5.41) is 6.19. The number of benzene rings is 1. The molecular formula is C11H7ClN4OS. The van der Waals surface area contributed by atoms with Crippen LogP contribution in [0.15, 0.2) is 33.6 Å². The number of anilines is 1. The minimum atomic E-state index is 0.350. The molecule has 0 aliphatic carbocycles. The molecule has 0 unspecified atom stereocenters. The number of hydrogen-bond acceptors (Lipinski definition) is 6. The Hall–Kier alpha value is -1.92. The van der Waals surface area contributed by atoms with Crippen LogP contribution in [0.1, 0.15) is 0 Å². The second-order valence-electron chi connectivity index (χ2n) is 3.54. The second kappa shape index (κ2) is 4.40. The van der Waals surface area contributed by atoms with E-state index < -0.39 is 0 Å². The van der Waals surface area contributed by atoms with Crippen molar-refractivity contribution in [3.05, 3.63) is 34.1 Å². The molecule has 0 aliphatic rings. The van der Waals surface area contributed by atoms with Gasteiger partial charge >= 0.3 is 0 Å². The minimum absolute atomic E-state index is 0.350. The van der Waals surface area contributed by atoms with Crippen LogP contribution in [0, 0.1) is 0 Å². The first kappa shape index (κ1) is 11.2. The first-order valence-corrected chi connectivity index (χ1v) is 6.34. The van der Waals surface area contributed by atoms with Gasteiger partial charge in [-0.05, 0) is 18.2 Å². The van der Waals surface area contributed by atoms with Crippen molar-refractivity contribution in [1.82, 2.24) is 15.1 Å². The Labute approximate surface area is 111 Å². The summed E-state index contributed by atoms with van der Waals surface area (Å²) in [4.78, 5) is 8.37. The van der Waals surface area contributed by atoms with Gasteiger partial charge in [-0.1, -0.05) is 16.8 Å². The Kier molecular flexibility index (Phi) is 2.73. The topological polar surface area (TPSA) is 77.8 Å². The highest BCUT2D eigenvalue weighted by atomic mass is 35.5. The van der Waals surface area contributed by atoms with E-state index in [1.54, 1.807) is 23.7 Å². The second-order valence-corrected chi connectivity index (χ2v) is 4.66. The number of nitrogens with two attached hydrogens (primary N) is 1. The van der Waals surface area contributed by atoms with Crippen molar-refractivity contribution in [3.8, 4) is 23.0 Å². The molecule has 5 nitrogen and oxygen atoms in total. The Morgan fingerprint density at radius 3 is 2.94 bits per heavy atom. The maximum atomic E-state index is 6.08. The predicted octanol–water partition coefficient (Wildman–Crippen LogP) is 3.10. The van der Waals surface area contributed by atoms with Gasteiger partial charge in [0.05, 0.1) is 16.1 Å². The highest BCUT2D eigenvalue weighted by Crippen LogP contribution is 2.29. The van der Waals surface area contributed by atoms with Crippen LogP contribution in [0.2, 0.25) is 5.02 Å². The molecule has 0 radical (unpaired) electrons. The quantitative estimate of drug-likeness (QED) is 0.729. The highest BCUT2D eigenvalue weighted by molar-refractivity contribution is 7.07. The fourth-order valence-electron chi connectivity index (χ4n) is 1.46. The lowest BCUT2D eigenvalue weighted by Gasteiger charge is -1.99. The van der Waals surface area contributed by atoms with Gasteiger partial charge in [-0.2, -0.15) is 4.98 Å². The number of rotatable bonds is 2. The van der Waals surface area contributed by atoms with Crippen LogP contribution in [-0.4, -0.2) is 15.1 Å². The Morgan fingerprint density at radius 2 is 2.22 bits per heavy atom. The zero-order valence-corrected chi connectivity index (χ0v) is 10.6. The van der Waals surface area contributed by atoms with Crippen molar-refractivity contribution >= 4 is 28.6 Å². The number of nitrogens with zero attached hydrogens (tertiary/aromatic N) is 3. The highest BCUT2D eigenvalue weighted by Gasteiger charge is 2.14. The van der Waals surface area contributed by atoms with Gasteiger partial charge in [-0.3, -0.25) is 0 Å². The molecule has 3 aromatic rings. The van der Waals surface area contributed by atoms with Gasteiger partial charge in [0, 0.05) is 11.1 Å². The van der Waals surface area contributed by atoms with Crippen LogP contribution in [0.3, 0.4) is 0 Å². The van der Waals surface area contributed by atoms with Gasteiger partial charge in [0.1, 0.15) is 5.69 Å². The zero-order valence-electron chi connectivity index (χ0n) is 9.00. The summed E-state index contributed by atoms with van der Waals surface area (Å²) in [6.45, 7) is 0. The molecule has 0 spiro atoms. The third-order valence-corrected chi connectivity index (χ3v) is 3.21. The molecule has 0 amide bonds. The van der Waals surface area contributed by atoms with Crippen LogP contribution in [0.5, 0.6) is 0 Å². The first-order valence-electron chi connectivity index (χ1n) is 5.02. The van der Waals surface area contributed by atoms with E-state index in [4.69, 9.17) is 21.9 Å². The van der Waals surface area contributed by atoms with Crippen molar-refractivity contribution in [1.29, 1.82) is 0 Å². The molecule has 7 heteroatoms. The van der Waals surface area contributed by atoms with Crippen LogP contribution in [0.4, 0.5) is 5.69 Å². The maximum absolute atomic E-state index is 6.08. The fourth-order valence-corrected chi connectivity index (χ4v) is 2.26. The monoisotopic (exact) mass is 278 g/mol. The van der Waals surface area contributed by atoms with Gasteiger partial charge in [0.25, 0.3) is 5.89 Å². The van der Waals surface area contributed by atoms with Crippen LogP contribution in [-0.2, 0) is 0 Å². The van der Waals surface area contributed by atoms with E-state index in [-0.39, 0.29) is 0 Å². The van der Waals surface area contributed by atoms with Gasteiger partial charge in [-0.25, -0.2) is 4.98 Å². The maximum Gasteiger partial charge on any atom is 0.259 e. The molecule has 0 saturated heterocycles. The smallest absolute Gasteiger partial charge is 0.259 e. The van der Waals surface area contributed by atoms with Crippen LogP contribution < -0.4 is 5.73 Å². The van der Waals surface area contributed by atoms with Crippen molar-refractivity contribution in [2.75, 3.05) is 5.73 Å². The Bertz CT molecular complexity index is 680. The number of thiazole rings is 1. The van der Waals surface area contributed by atoms with Crippen molar-refractivity contribution < 1.29 is 4.52 Å². The largest absolute Gasteiger partial charge is 0.399 e. The van der Waals surface area contributed by atoms with Gasteiger partial charge in [0.2, 0.25) is 5.82 Å².